The summed E-state index contributed by atoms with van der Waals surface area (Å²) in [5.74, 6) is 0.950. The molecule has 0 radical (unpaired) electrons. The van der Waals surface area contributed by atoms with Crippen molar-refractivity contribution in [1.82, 2.24) is 0 Å². The van der Waals surface area contributed by atoms with Crippen molar-refractivity contribution in [2.75, 3.05) is 0 Å². The van der Waals surface area contributed by atoms with Crippen LogP contribution in [0.2, 0.25) is 18.5 Å². The molecular weight excluding hydrogens is 179 g/mol. The van der Waals surface area contributed by atoms with Crippen LogP contribution in [0.15, 0.2) is 30.3 Å². The van der Waals surface area contributed by atoms with E-state index in [-0.39, 0.29) is 0 Å². The summed E-state index contributed by atoms with van der Waals surface area (Å²) in [7, 11) is 0. The first kappa shape index (κ1) is 10.8. The molecule has 2 rings (SSSR count). The normalized spacial score (nSPS) is 21.7. The third-order valence-corrected chi connectivity index (χ3v) is 3.93. The van der Waals surface area contributed by atoms with E-state index in [0.717, 1.165) is 12.5 Å². The van der Waals surface area contributed by atoms with Gasteiger partial charge in [-0.05, 0) is 12.0 Å². The monoisotopic (exact) mass is 200 g/mol. The molecule has 1 heteroatoms. The van der Waals surface area contributed by atoms with Gasteiger partial charge in [0.05, 0.1) is 0 Å². The van der Waals surface area contributed by atoms with Crippen LogP contribution in [0.25, 0.3) is 0 Å². The summed E-state index contributed by atoms with van der Waals surface area (Å²) in [6.07, 6.45) is 8.51. The fourth-order valence-electron chi connectivity index (χ4n) is 3.01. The molecule has 0 bridgehead atoms. The molecule has 0 nitrogen and oxygen atoms in total. The van der Waals surface area contributed by atoms with Crippen LogP contribution in [-0.2, 0) is 6.42 Å². The zero-order chi connectivity index (χ0) is 10.5. The SMILES string of the molecule is CCB1CCCCC1Cc1ccccc1. The Morgan fingerprint density at radius 1 is 1.20 bits per heavy atom. The largest absolute Gasteiger partial charge is 0.143 e. The molecule has 1 fully saturated rings. The van der Waals surface area contributed by atoms with Gasteiger partial charge in [-0.25, -0.2) is 0 Å². The molecule has 1 aliphatic rings. The molecule has 0 saturated carbocycles. The van der Waals surface area contributed by atoms with E-state index in [0.29, 0.717) is 0 Å². The van der Waals surface area contributed by atoms with Gasteiger partial charge in [0.25, 0.3) is 0 Å². The first-order valence-corrected chi connectivity index (χ1v) is 6.44. The van der Waals surface area contributed by atoms with Gasteiger partial charge >= 0.3 is 0 Å². The smallest absolute Gasteiger partial charge is 0.0768 e. The maximum Gasteiger partial charge on any atom is 0.143 e. The standard InChI is InChI=1S/C14H21B/c1-2-15-11-7-6-10-14(15)12-13-8-4-3-5-9-13/h3-5,8-9,14H,2,6-7,10-12H2,1H3. The van der Waals surface area contributed by atoms with Gasteiger partial charge in [-0.1, -0.05) is 75.0 Å². The van der Waals surface area contributed by atoms with E-state index < -0.39 is 0 Å². The average molecular weight is 200 g/mol. The van der Waals surface area contributed by atoms with Crippen molar-refractivity contribution in [3.8, 4) is 0 Å². The minimum absolute atomic E-state index is 0.950. The van der Waals surface area contributed by atoms with Crippen molar-refractivity contribution in [1.29, 1.82) is 0 Å². The highest BCUT2D eigenvalue weighted by Crippen LogP contribution is 2.33. The second-order valence-corrected chi connectivity index (χ2v) is 4.90. The maximum absolute atomic E-state index is 2.36. The summed E-state index contributed by atoms with van der Waals surface area (Å²) in [4.78, 5) is 0. The summed E-state index contributed by atoms with van der Waals surface area (Å²) in [5.41, 5.74) is 1.53. The molecule has 1 aromatic carbocycles. The predicted octanol–water partition coefficient (Wildman–Crippen LogP) is 4.30. The van der Waals surface area contributed by atoms with Crippen LogP contribution < -0.4 is 0 Å². The number of hydrogen-bond donors (Lipinski definition) is 0. The van der Waals surface area contributed by atoms with Gasteiger partial charge in [-0.3, -0.25) is 0 Å². The van der Waals surface area contributed by atoms with Gasteiger partial charge in [-0.15, -0.1) is 0 Å². The van der Waals surface area contributed by atoms with Gasteiger partial charge in [0.2, 0.25) is 0 Å². The van der Waals surface area contributed by atoms with Crippen molar-refractivity contribution in [3.63, 3.8) is 0 Å². The van der Waals surface area contributed by atoms with Gasteiger partial charge < -0.3 is 0 Å². The van der Waals surface area contributed by atoms with Crippen molar-refractivity contribution in [3.05, 3.63) is 35.9 Å². The van der Waals surface area contributed by atoms with Crippen LogP contribution in [0.1, 0.15) is 31.7 Å². The van der Waals surface area contributed by atoms with Gasteiger partial charge in [0.15, 0.2) is 0 Å². The Morgan fingerprint density at radius 3 is 2.73 bits per heavy atom. The molecule has 1 aliphatic heterocycles. The molecule has 1 unspecified atom stereocenters. The fourth-order valence-corrected chi connectivity index (χ4v) is 3.01. The van der Waals surface area contributed by atoms with Crippen molar-refractivity contribution >= 4 is 6.71 Å². The summed E-state index contributed by atoms with van der Waals surface area (Å²) in [6.45, 7) is 3.34. The average Bonchev–Trinajstić information content (AvgIpc) is 2.31. The molecule has 0 N–H and O–H groups in total. The maximum atomic E-state index is 2.36. The molecule has 0 aliphatic carbocycles. The molecule has 15 heavy (non-hydrogen) atoms. The predicted molar refractivity (Wildman–Crippen MR) is 68.8 cm³/mol. The first-order chi connectivity index (χ1) is 7.40. The van der Waals surface area contributed by atoms with E-state index in [1.807, 2.05) is 0 Å². The summed E-state index contributed by atoms with van der Waals surface area (Å²) >= 11 is 0. The van der Waals surface area contributed by atoms with Gasteiger partial charge in [0.1, 0.15) is 6.71 Å². The number of hydrogen-bond acceptors (Lipinski definition) is 0. The Balaban J connectivity index is 1.97. The van der Waals surface area contributed by atoms with Crippen molar-refractivity contribution in [2.24, 2.45) is 0 Å². The lowest BCUT2D eigenvalue weighted by atomic mass is 9.33. The number of rotatable bonds is 3. The third kappa shape index (κ3) is 2.87. The van der Waals surface area contributed by atoms with E-state index in [9.17, 15) is 0 Å². The molecule has 0 spiro atoms. The highest BCUT2D eigenvalue weighted by molar-refractivity contribution is 6.60. The molecule has 1 atom stereocenters. The second-order valence-electron chi connectivity index (χ2n) is 4.90. The van der Waals surface area contributed by atoms with Crippen LogP contribution in [0, 0.1) is 0 Å². The van der Waals surface area contributed by atoms with Crippen LogP contribution in [-0.4, -0.2) is 6.71 Å². The van der Waals surface area contributed by atoms with Crippen LogP contribution in [0.4, 0.5) is 0 Å². The second kappa shape index (κ2) is 5.39. The minimum atomic E-state index is 0.950. The Morgan fingerprint density at radius 2 is 2.00 bits per heavy atom. The molecule has 0 amide bonds. The topological polar surface area (TPSA) is 0 Å². The van der Waals surface area contributed by atoms with Crippen LogP contribution in [0.5, 0.6) is 0 Å². The first-order valence-electron chi connectivity index (χ1n) is 6.44. The van der Waals surface area contributed by atoms with Crippen molar-refractivity contribution in [2.45, 2.75) is 51.1 Å². The molecule has 80 valence electrons. The Labute approximate surface area is 94.2 Å². The summed E-state index contributed by atoms with van der Waals surface area (Å²) < 4.78 is 0. The minimum Gasteiger partial charge on any atom is -0.0768 e. The lowest BCUT2D eigenvalue weighted by Crippen LogP contribution is -2.25. The highest BCUT2D eigenvalue weighted by atomic mass is 14.1. The van der Waals surface area contributed by atoms with Crippen molar-refractivity contribution < 1.29 is 0 Å². The third-order valence-electron chi connectivity index (χ3n) is 3.93. The van der Waals surface area contributed by atoms with Crippen LogP contribution in [0.3, 0.4) is 0 Å². The fraction of sp³-hybridized carbons (Fsp3) is 0.571. The zero-order valence-corrected chi connectivity index (χ0v) is 9.78. The van der Waals surface area contributed by atoms with E-state index in [2.05, 4.69) is 37.3 Å². The van der Waals surface area contributed by atoms with E-state index in [1.165, 1.54) is 43.9 Å². The van der Waals surface area contributed by atoms with Crippen LogP contribution >= 0.6 is 0 Å². The Hall–Kier alpha value is -0.715. The molecule has 0 aromatic heterocycles. The Kier molecular flexibility index (Phi) is 3.88. The zero-order valence-electron chi connectivity index (χ0n) is 9.78. The molecule has 1 aromatic rings. The Bertz CT molecular complexity index is 281. The molecular formula is C14H21B. The molecule has 1 saturated heterocycles. The lowest BCUT2D eigenvalue weighted by molar-refractivity contribution is 0.611. The molecule has 1 heterocycles. The van der Waals surface area contributed by atoms with E-state index >= 15 is 0 Å². The highest BCUT2D eigenvalue weighted by Gasteiger charge is 2.26. The van der Waals surface area contributed by atoms with Gasteiger partial charge in [0, 0.05) is 0 Å². The summed E-state index contributed by atoms with van der Waals surface area (Å²) in [5, 5.41) is 0. The van der Waals surface area contributed by atoms with Gasteiger partial charge in [-0.2, -0.15) is 0 Å². The van der Waals surface area contributed by atoms with E-state index in [1.54, 1.807) is 0 Å². The lowest BCUT2D eigenvalue weighted by Gasteiger charge is -2.28. The number of benzene rings is 1. The quantitative estimate of drug-likeness (QED) is 0.638. The van der Waals surface area contributed by atoms with E-state index in [4.69, 9.17) is 0 Å². The summed E-state index contributed by atoms with van der Waals surface area (Å²) in [6, 6.07) is 11.0.